The number of carbonyl (C=O) groups is 1. The van der Waals surface area contributed by atoms with Crippen molar-refractivity contribution in [1.29, 1.82) is 0 Å². The summed E-state index contributed by atoms with van der Waals surface area (Å²) >= 11 is 0. The molecular formula is C15H21N3O2. The van der Waals surface area contributed by atoms with E-state index in [4.69, 9.17) is 0 Å². The Morgan fingerprint density at radius 1 is 1.50 bits per heavy atom. The molecule has 0 radical (unpaired) electrons. The van der Waals surface area contributed by atoms with Gasteiger partial charge in [-0.25, -0.2) is 4.98 Å². The molecule has 0 aliphatic heterocycles. The number of nitrogens with one attached hydrogen (secondary N) is 1. The van der Waals surface area contributed by atoms with Crippen LogP contribution in [0.5, 0.6) is 0 Å². The molecule has 5 heteroatoms. The van der Waals surface area contributed by atoms with Crippen LogP contribution in [0, 0.1) is 6.92 Å². The minimum Gasteiger partial charge on any atom is -0.394 e. The number of carbonyl (C=O) groups excluding carboxylic acids is 1. The largest absolute Gasteiger partial charge is 0.394 e. The third kappa shape index (κ3) is 2.67. The first kappa shape index (κ1) is 14.5. The zero-order chi connectivity index (χ0) is 14.7. The number of fused-ring (bicyclic) bond motifs is 1. The number of pyridine rings is 1. The summed E-state index contributed by atoms with van der Waals surface area (Å²) in [5.74, 6) is -0.181. The summed E-state index contributed by atoms with van der Waals surface area (Å²) in [6.45, 7) is 5.85. The summed E-state index contributed by atoms with van der Waals surface area (Å²) in [5.41, 5.74) is 3.23. The minimum atomic E-state index is -0.219. The van der Waals surface area contributed by atoms with Crippen LogP contribution in [0.4, 0.5) is 0 Å². The van der Waals surface area contributed by atoms with Crippen molar-refractivity contribution in [2.24, 2.45) is 0 Å². The molecule has 1 unspecified atom stereocenters. The average Bonchev–Trinajstić information content (AvgIpc) is 2.81. The molecule has 1 amide bonds. The van der Waals surface area contributed by atoms with Gasteiger partial charge in [0.15, 0.2) is 0 Å². The van der Waals surface area contributed by atoms with Crippen LogP contribution >= 0.6 is 0 Å². The molecule has 2 N–H and O–H groups in total. The van der Waals surface area contributed by atoms with Crippen molar-refractivity contribution >= 4 is 11.6 Å². The lowest BCUT2D eigenvalue weighted by molar-refractivity contribution is 0.0908. The Balaban J connectivity index is 2.44. The summed E-state index contributed by atoms with van der Waals surface area (Å²) in [6, 6.07) is 3.69. The zero-order valence-corrected chi connectivity index (χ0v) is 12.2. The van der Waals surface area contributed by atoms with Gasteiger partial charge in [-0.2, -0.15) is 0 Å². The maximum absolute atomic E-state index is 12.4. The molecule has 0 fully saturated rings. The number of rotatable bonds is 5. The van der Waals surface area contributed by atoms with Crippen LogP contribution in [0.15, 0.2) is 18.3 Å². The lowest BCUT2D eigenvalue weighted by Gasteiger charge is -2.14. The summed E-state index contributed by atoms with van der Waals surface area (Å²) < 4.78 is 1.81. The molecule has 2 aromatic heterocycles. The second kappa shape index (κ2) is 6.05. The SMILES string of the molecule is CCc1nc2cc(C)ccn2c1C(=O)NC(CC)CO. The van der Waals surface area contributed by atoms with Crippen molar-refractivity contribution in [3.8, 4) is 0 Å². The smallest absolute Gasteiger partial charge is 0.270 e. The minimum absolute atomic E-state index is 0.0560. The lowest BCUT2D eigenvalue weighted by atomic mass is 10.2. The molecule has 2 heterocycles. The number of aryl methyl sites for hydroxylation is 2. The number of amides is 1. The van der Waals surface area contributed by atoms with Crippen LogP contribution in [-0.2, 0) is 6.42 Å². The van der Waals surface area contributed by atoms with E-state index in [2.05, 4.69) is 10.3 Å². The maximum atomic E-state index is 12.4. The van der Waals surface area contributed by atoms with Gasteiger partial charge in [0.1, 0.15) is 11.3 Å². The molecule has 1 atom stereocenters. The summed E-state index contributed by atoms with van der Waals surface area (Å²) in [6.07, 6.45) is 3.25. The molecule has 0 saturated heterocycles. The topological polar surface area (TPSA) is 66.6 Å². The second-order valence-electron chi connectivity index (χ2n) is 4.95. The van der Waals surface area contributed by atoms with Gasteiger partial charge in [-0.15, -0.1) is 0 Å². The van der Waals surface area contributed by atoms with E-state index < -0.39 is 0 Å². The van der Waals surface area contributed by atoms with Crippen molar-refractivity contribution in [3.05, 3.63) is 35.3 Å². The molecule has 2 rings (SSSR count). The van der Waals surface area contributed by atoms with Crippen molar-refractivity contribution in [3.63, 3.8) is 0 Å². The van der Waals surface area contributed by atoms with E-state index >= 15 is 0 Å². The highest BCUT2D eigenvalue weighted by atomic mass is 16.3. The Bertz CT molecular complexity index is 615. The Kier molecular flexibility index (Phi) is 4.39. The number of aliphatic hydroxyl groups is 1. The monoisotopic (exact) mass is 275 g/mol. The fraction of sp³-hybridized carbons (Fsp3) is 0.467. The van der Waals surface area contributed by atoms with E-state index in [9.17, 15) is 9.90 Å². The van der Waals surface area contributed by atoms with Crippen LogP contribution < -0.4 is 5.32 Å². The van der Waals surface area contributed by atoms with Crippen molar-refractivity contribution in [2.45, 2.75) is 39.7 Å². The molecule has 0 bridgehead atoms. The normalized spacial score (nSPS) is 12.6. The van der Waals surface area contributed by atoms with Crippen LogP contribution in [-0.4, -0.2) is 33.0 Å². The van der Waals surface area contributed by atoms with Crippen LogP contribution in [0.2, 0.25) is 0 Å². The Morgan fingerprint density at radius 2 is 2.25 bits per heavy atom. The Labute approximate surface area is 118 Å². The lowest BCUT2D eigenvalue weighted by Crippen LogP contribution is -2.37. The average molecular weight is 275 g/mol. The number of hydrogen-bond donors (Lipinski definition) is 2. The van der Waals surface area contributed by atoms with E-state index in [1.165, 1.54) is 0 Å². The van der Waals surface area contributed by atoms with Gasteiger partial charge >= 0.3 is 0 Å². The number of nitrogens with zero attached hydrogens (tertiary/aromatic N) is 2. The molecule has 5 nitrogen and oxygen atoms in total. The number of aliphatic hydroxyl groups excluding tert-OH is 1. The predicted molar refractivity (Wildman–Crippen MR) is 77.9 cm³/mol. The Morgan fingerprint density at radius 3 is 2.85 bits per heavy atom. The van der Waals surface area contributed by atoms with Gasteiger partial charge in [-0.05, 0) is 37.5 Å². The highest BCUT2D eigenvalue weighted by molar-refractivity contribution is 5.95. The summed E-state index contributed by atoms with van der Waals surface area (Å²) in [4.78, 5) is 16.9. The molecule has 0 aliphatic carbocycles. The molecular weight excluding hydrogens is 254 g/mol. The van der Waals surface area contributed by atoms with Gasteiger partial charge in [-0.3, -0.25) is 9.20 Å². The van der Waals surface area contributed by atoms with Gasteiger partial charge in [0.05, 0.1) is 18.3 Å². The van der Waals surface area contributed by atoms with E-state index in [1.54, 1.807) is 0 Å². The van der Waals surface area contributed by atoms with E-state index in [1.807, 2.05) is 43.5 Å². The maximum Gasteiger partial charge on any atom is 0.270 e. The number of hydrogen-bond acceptors (Lipinski definition) is 3. The molecule has 2 aromatic rings. The Hall–Kier alpha value is -1.88. The number of imidazole rings is 1. The van der Waals surface area contributed by atoms with Crippen LogP contribution in [0.1, 0.15) is 42.0 Å². The summed E-state index contributed by atoms with van der Waals surface area (Å²) in [5, 5.41) is 12.1. The van der Waals surface area contributed by atoms with E-state index in [-0.39, 0.29) is 18.6 Å². The van der Waals surface area contributed by atoms with Crippen molar-refractivity contribution in [1.82, 2.24) is 14.7 Å². The molecule has 0 saturated carbocycles. The van der Waals surface area contributed by atoms with Crippen LogP contribution in [0.3, 0.4) is 0 Å². The van der Waals surface area contributed by atoms with Crippen molar-refractivity contribution < 1.29 is 9.90 Å². The first-order valence-electron chi connectivity index (χ1n) is 7.00. The quantitative estimate of drug-likeness (QED) is 0.873. The molecule has 20 heavy (non-hydrogen) atoms. The molecule has 108 valence electrons. The van der Waals surface area contributed by atoms with Gasteiger partial charge in [0.25, 0.3) is 5.91 Å². The second-order valence-corrected chi connectivity index (χ2v) is 4.95. The zero-order valence-electron chi connectivity index (χ0n) is 12.2. The third-order valence-corrected chi connectivity index (χ3v) is 3.45. The predicted octanol–water partition coefficient (Wildman–Crippen LogP) is 1.71. The van der Waals surface area contributed by atoms with E-state index in [0.717, 1.165) is 16.9 Å². The first-order chi connectivity index (χ1) is 9.60. The summed E-state index contributed by atoms with van der Waals surface area (Å²) in [7, 11) is 0. The third-order valence-electron chi connectivity index (χ3n) is 3.45. The standard InChI is InChI=1S/C15H21N3O2/c1-4-11(9-19)16-15(20)14-12(5-2)17-13-8-10(3)6-7-18(13)14/h6-8,11,19H,4-5,9H2,1-3H3,(H,16,20). The van der Waals surface area contributed by atoms with Gasteiger partial charge in [0.2, 0.25) is 0 Å². The highest BCUT2D eigenvalue weighted by Gasteiger charge is 2.20. The fourth-order valence-corrected chi connectivity index (χ4v) is 2.21. The molecule has 0 aliphatic rings. The van der Waals surface area contributed by atoms with Gasteiger partial charge in [0, 0.05) is 6.20 Å². The van der Waals surface area contributed by atoms with Gasteiger partial charge < -0.3 is 10.4 Å². The van der Waals surface area contributed by atoms with Crippen molar-refractivity contribution in [2.75, 3.05) is 6.61 Å². The van der Waals surface area contributed by atoms with Gasteiger partial charge in [-0.1, -0.05) is 13.8 Å². The fourth-order valence-electron chi connectivity index (χ4n) is 2.21. The molecule has 0 aromatic carbocycles. The van der Waals surface area contributed by atoms with E-state index in [0.29, 0.717) is 18.5 Å². The molecule has 0 spiro atoms. The number of aromatic nitrogens is 2. The van der Waals surface area contributed by atoms with Crippen LogP contribution in [0.25, 0.3) is 5.65 Å². The first-order valence-corrected chi connectivity index (χ1v) is 7.00. The highest BCUT2D eigenvalue weighted by Crippen LogP contribution is 2.15.